The third-order valence-electron chi connectivity index (χ3n) is 2.88. The summed E-state index contributed by atoms with van der Waals surface area (Å²) in [4.78, 5) is 0. The fourth-order valence-corrected chi connectivity index (χ4v) is 2.89. The van der Waals surface area contributed by atoms with Gasteiger partial charge in [0.05, 0.1) is 0 Å². The highest BCUT2D eigenvalue weighted by Gasteiger charge is 2.90. The van der Waals surface area contributed by atoms with Gasteiger partial charge in [0.1, 0.15) is 0 Å². The summed E-state index contributed by atoms with van der Waals surface area (Å²) in [6.07, 6.45) is -9.70. The second-order valence-electron chi connectivity index (χ2n) is 4.73. The molecule has 0 saturated carbocycles. The molecule has 0 fully saturated rings. The van der Waals surface area contributed by atoms with Crippen LogP contribution in [0.25, 0.3) is 0 Å². The molecule has 0 unspecified atom stereocenters. The topological polar surface area (TPSA) is 9.23 Å². The summed E-state index contributed by atoms with van der Waals surface area (Å²) >= 11 is 9.95. The smallest absolute Gasteiger partial charge is 0.397 e. The molecule has 0 heterocycles. The first-order valence-electron chi connectivity index (χ1n) is 6.02. The monoisotopic (exact) mass is 476 g/mol. The number of halogens is 15. The van der Waals surface area contributed by atoms with E-state index in [-0.39, 0.29) is 0 Å². The predicted octanol–water partition coefficient (Wildman–Crippen LogP) is 5.40. The molecule has 0 aromatic heterocycles. The van der Waals surface area contributed by atoms with Crippen molar-refractivity contribution in [3.63, 3.8) is 0 Å². The minimum atomic E-state index is -7.88. The zero-order valence-electron chi connectivity index (χ0n) is 11.8. The van der Waals surface area contributed by atoms with E-state index in [1.807, 2.05) is 0 Å². The molecule has 0 saturated heterocycles. The minimum absolute atomic E-state index is 1.12. The Morgan fingerprint density at radius 2 is 1.04 bits per heavy atom. The van der Waals surface area contributed by atoms with Gasteiger partial charge in [0.25, 0.3) is 0 Å². The van der Waals surface area contributed by atoms with Crippen molar-refractivity contribution < 1.29 is 61.5 Å². The molecule has 0 rings (SSSR count). The van der Waals surface area contributed by atoms with Gasteiger partial charge >= 0.3 is 35.8 Å². The van der Waals surface area contributed by atoms with E-state index in [4.69, 9.17) is 23.2 Å². The van der Waals surface area contributed by atoms with Crippen LogP contribution in [0.1, 0.15) is 6.42 Å². The number of hydrogen-bond acceptors (Lipinski definition) is 1. The van der Waals surface area contributed by atoms with E-state index in [0.717, 1.165) is 0 Å². The fourth-order valence-electron chi connectivity index (χ4n) is 1.43. The molecule has 26 heavy (non-hydrogen) atoms. The molecule has 0 spiro atoms. The van der Waals surface area contributed by atoms with Gasteiger partial charge in [0.2, 0.25) is 0 Å². The van der Waals surface area contributed by atoms with Crippen molar-refractivity contribution in [3.05, 3.63) is 0 Å². The van der Waals surface area contributed by atoms with Gasteiger partial charge in [0.15, 0.2) is 14.8 Å². The van der Waals surface area contributed by atoms with Crippen LogP contribution < -0.4 is 0 Å². The number of alkyl halides is 15. The molecule has 0 radical (unpaired) electrons. The zero-order chi connectivity index (χ0) is 21.4. The van der Waals surface area contributed by atoms with Crippen molar-refractivity contribution in [3.8, 4) is 0 Å². The molecule has 158 valence electrons. The molecular formula is C9H7Cl2F13OSi. The average molecular weight is 477 g/mol. The normalized spacial score (nSPS) is 16.2. The molecule has 0 amide bonds. The summed E-state index contributed by atoms with van der Waals surface area (Å²) in [5.41, 5.74) is 0. The Morgan fingerprint density at radius 3 is 1.38 bits per heavy atom. The van der Waals surface area contributed by atoms with Crippen molar-refractivity contribution in [1.82, 2.24) is 0 Å². The van der Waals surface area contributed by atoms with Crippen molar-refractivity contribution in [1.29, 1.82) is 0 Å². The molecule has 0 aromatic carbocycles. The summed E-state index contributed by atoms with van der Waals surface area (Å²) in [6.45, 7) is 0. The van der Waals surface area contributed by atoms with Gasteiger partial charge < -0.3 is 4.43 Å². The van der Waals surface area contributed by atoms with Crippen LogP contribution in [0.5, 0.6) is 0 Å². The Balaban J connectivity index is 5.71. The first-order chi connectivity index (χ1) is 11.2. The van der Waals surface area contributed by atoms with Crippen molar-refractivity contribution >= 4 is 33.0 Å². The van der Waals surface area contributed by atoms with Crippen LogP contribution in [-0.2, 0) is 4.43 Å². The van der Waals surface area contributed by atoms with E-state index in [0.29, 0.717) is 0 Å². The molecule has 0 bridgehead atoms. The highest BCUT2D eigenvalue weighted by atomic mass is 35.5. The molecular weight excluding hydrogens is 470 g/mol. The van der Waals surface area contributed by atoms with Gasteiger partial charge in [-0.05, 0) is 6.04 Å². The molecule has 17 heteroatoms. The van der Waals surface area contributed by atoms with Gasteiger partial charge in [-0.3, -0.25) is 0 Å². The maximum Gasteiger partial charge on any atom is 0.460 e. The Kier molecular flexibility index (Phi) is 7.65. The van der Waals surface area contributed by atoms with Gasteiger partial charge in [0, 0.05) is 6.42 Å². The lowest BCUT2D eigenvalue weighted by molar-refractivity contribution is -0.439. The van der Waals surface area contributed by atoms with Crippen molar-refractivity contribution in [2.24, 2.45) is 0 Å². The molecule has 0 aliphatic heterocycles. The highest BCUT2D eigenvalue weighted by molar-refractivity contribution is 6.45. The summed E-state index contributed by atoms with van der Waals surface area (Å²) in [5, 5.41) is -1.59. The third-order valence-corrected chi connectivity index (χ3v) is 4.76. The average Bonchev–Trinajstić information content (AvgIpc) is 2.41. The Hall–Kier alpha value is -0.153. The summed E-state index contributed by atoms with van der Waals surface area (Å²) in [6, 6.07) is -1.12. The lowest BCUT2D eigenvalue weighted by Crippen LogP contribution is -2.70. The van der Waals surface area contributed by atoms with E-state index >= 15 is 0 Å². The first-order valence-corrected chi connectivity index (χ1v) is 8.47. The van der Waals surface area contributed by atoms with Gasteiger partial charge in [-0.2, -0.15) is 57.1 Å². The Morgan fingerprint density at radius 1 is 0.654 bits per heavy atom. The number of rotatable bonds is 9. The Labute approximate surface area is 148 Å². The van der Waals surface area contributed by atoms with Crippen LogP contribution in [0, 0.1) is 0 Å². The van der Waals surface area contributed by atoms with Crippen LogP contribution >= 0.6 is 23.2 Å². The van der Waals surface area contributed by atoms with E-state index in [1.165, 1.54) is 0 Å². The summed E-state index contributed by atoms with van der Waals surface area (Å²) in [7, 11) is -2.24. The van der Waals surface area contributed by atoms with Gasteiger partial charge in [-0.15, -0.1) is 0 Å². The molecule has 0 N–H and O–H groups in total. The van der Waals surface area contributed by atoms with Crippen molar-refractivity contribution in [2.45, 2.75) is 53.3 Å². The fraction of sp³-hybridized carbons (Fsp3) is 1.00. The largest absolute Gasteiger partial charge is 0.460 e. The second kappa shape index (κ2) is 7.70. The zero-order valence-corrected chi connectivity index (χ0v) is 14.7. The van der Waals surface area contributed by atoms with E-state index < -0.39 is 63.0 Å². The Bertz CT molecular complexity index is 479. The molecule has 0 aromatic rings. The van der Waals surface area contributed by atoms with Crippen LogP contribution in [0.3, 0.4) is 0 Å². The minimum Gasteiger partial charge on any atom is -0.397 e. The van der Waals surface area contributed by atoms with Gasteiger partial charge in [-0.25, -0.2) is 0 Å². The molecule has 0 aliphatic carbocycles. The van der Waals surface area contributed by atoms with Gasteiger partial charge in [-0.1, -0.05) is 23.2 Å². The highest BCUT2D eigenvalue weighted by Crippen LogP contribution is 2.60. The maximum absolute atomic E-state index is 13.2. The van der Waals surface area contributed by atoms with Crippen LogP contribution in [0.15, 0.2) is 0 Å². The standard InChI is InChI=1S/C9H7Cl2F13OSi/c10-3(11)25-26-2-1-4(12,13)5(14,15)6(16,17)7(18,19)8(20,21)9(22,23)24/h3H,1-2,26H2. The molecule has 0 atom stereocenters. The van der Waals surface area contributed by atoms with Crippen LogP contribution in [0.4, 0.5) is 57.1 Å². The predicted molar refractivity (Wildman–Crippen MR) is 65.3 cm³/mol. The third kappa shape index (κ3) is 4.46. The van der Waals surface area contributed by atoms with E-state index in [1.54, 1.807) is 0 Å². The maximum atomic E-state index is 13.2. The van der Waals surface area contributed by atoms with Crippen molar-refractivity contribution in [2.75, 3.05) is 0 Å². The lowest BCUT2D eigenvalue weighted by Gasteiger charge is -2.39. The SMILES string of the molecule is FC(F)(F)C(F)(F)C(F)(F)C(F)(F)C(F)(F)C(F)(F)CC[SiH2]OC(Cl)Cl. The molecule has 1 nitrogen and oxygen atoms in total. The summed E-state index contributed by atoms with van der Waals surface area (Å²) < 4.78 is 170. The molecule has 0 aliphatic rings. The quantitative estimate of drug-likeness (QED) is 0.187. The van der Waals surface area contributed by atoms with Crippen LogP contribution in [-0.4, -0.2) is 50.6 Å². The van der Waals surface area contributed by atoms with E-state index in [2.05, 4.69) is 4.43 Å². The second-order valence-corrected chi connectivity index (χ2v) is 7.20. The van der Waals surface area contributed by atoms with Crippen LogP contribution in [0.2, 0.25) is 6.04 Å². The number of hydrogen-bond donors (Lipinski definition) is 0. The van der Waals surface area contributed by atoms with E-state index in [9.17, 15) is 57.1 Å². The lowest BCUT2D eigenvalue weighted by atomic mass is 9.93. The first kappa shape index (κ1) is 25.8. The summed E-state index contributed by atoms with van der Waals surface area (Å²) in [5.74, 6) is -36.7.